The van der Waals surface area contributed by atoms with Gasteiger partial charge < -0.3 is 10.2 Å². The second-order valence-electron chi connectivity index (χ2n) is 6.95. The zero-order chi connectivity index (χ0) is 20.7. The summed E-state index contributed by atoms with van der Waals surface area (Å²) in [5.41, 5.74) is 1.83. The molecule has 2 amide bonds. The van der Waals surface area contributed by atoms with Crippen LogP contribution in [0.2, 0.25) is 5.02 Å². The minimum atomic E-state index is -0.572. The monoisotopic (exact) mass is 464 g/mol. The Balaban J connectivity index is 2.20. The van der Waals surface area contributed by atoms with E-state index in [4.69, 9.17) is 11.6 Å². The first-order valence-corrected chi connectivity index (χ1v) is 10.6. The lowest BCUT2D eigenvalue weighted by Gasteiger charge is -2.30. The van der Waals surface area contributed by atoms with E-state index in [1.165, 1.54) is 0 Å². The lowest BCUT2D eigenvalue weighted by Crippen LogP contribution is -2.49. The number of rotatable bonds is 8. The maximum atomic E-state index is 13.1. The molecule has 0 heterocycles. The van der Waals surface area contributed by atoms with Crippen molar-refractivity contribution in [3.8, 4) is 0 Å². The van der Waals surface area contributed by atoms with E-state index in [0.29, 0.717) is 11.6 Å². The number of carbonyl (C=O) groups is 2. The lowest BCUT2D eigenvalue weighted by molar-refractivity contribution is -0.140. The van der Waals surface area contributed by atoms with Crippen molar-refractivity contribution in [3.05, 3.63) is 69.2 Å². The van der Waals surface area contributed by atoms with Crippen LogP contribution in [0.4, 0.5) is 0 Å². The van der Waals surface area contributed by atoms with Crippen molar-refractivity contribution >= 4 is 39.3 Å². The maximum absolute atomic E-state index is 13.1. The molecule has 0 bridgehead atoms. The van der Waals surface area contributed by atoms with Crippen LogP contribution in [0, 0.1) is 0 Å². The van der Waals surface area contributed by atoms with Gasteiger partial charge in [-0.05, 0) is 55.7 Å². The highest BCUT2D eigenvalue weighted by atomic mass is 79.9. The Morgan fingerprint density at radius 2 is 1.61 bits per heavy atom. The summed E-state index contributed by atoms with van der Waals surface area (Å²) >= 11 is 9.36. The predicted molar refractivity (Wildman–Crippen MR) is 117 cm³/mol. The standard InChI is InChI=1S/C22H26BrClN2O2/c1-4-15(2)25-22(28)16(3)26(14-18-5-9-19(23)10-6-18)21(27)13-17-7-11-20(24)12-8-17/h5-12,15-16H,4,13-14H2,1-3H3,(H,25,28). The van der Waals surface area contributed by atoms with Gasteiger partial charge in [0.2, 0.25) is 11.8 Å². The van der Waals surface area contributed by atoms with Crippen molar-refractivity contribution in [2.24, 2.45) is 0 Å². The van der Waals surface area contributed by atoms with E-state index >= 15 is 0 Å². The number of benzene rings is 2. The van der Waals surface area contributed by atoms with Crippen molar-refractivity contribution in [1.82, 2.24) is 10.2 Å². The van der Waals surface area contributed by atoms with Crippen molar-refractivity contribution < 1.29 is 9.59 Å². The lowest BCUT2D eigenvalue weighted by atomic mass is 10.1. The smallest absolute Gasteiger partial charge is 0.242 e. The molecule has 0 saturated carbocycles. The average molecular weight is 466 g/mol. The van der Waals surface area contributed by atoms with Gasteiger partial charge in [0.15, 0.2) is 0 Å². The fourth-order valence-electron chi connectivity index (χ4n) is 2.71. The number of carbonyl (C=O) groups excluding carboxylic acids is 2. The molecule has 0 aliphatic rings. The molecule has 6 heteroatoms. The van der Waals surface area contributed by atoms with E-state index in [-0.39, 0.29) is 24.3 Å². The predicted octanol–water partition coefficient (Wildman–Crippen LogP) is 4.98. The van der Waals surface area contributed by atoms with Crippen LogP contribution in [0.5, 0.6) is 0 Å². The molecule has 0 spiro atoms. The van der Waals surface area contributed by atoms with Crippen molar-refractivity contribution in [1.29, 1.82) is 0 Å². The summed E-state index contributed by atoms with van der Waals surface area (Å²) in [6.45, 7) is 6.12. The minimum absolute atomic E-state index is 0.0656. The molecular formula is C22H26BrClN2O2. The highest BCUT2D eigenvalue weighted by Crippen LogP contribution is 2.16. The van der Waals surface area contributed by atoms with Gasteiger partial charge in [0.25, 0.3) is 0 Å². The van der Waals surface area contributed by atoms with Crippen molar-refractivity contribution in [3.63, 3.8) is 0 Å². The molecule has 0 aromatic heterocycles. The molecule has 0 saturated heterocycles. The Hall–Kier alpha value is -1.85. The van der Waals surface area contributed by atoms with Crippen LogP contribution in [-0.2, 0) is 22.6 Å². The molecule has 2 aromatic carbocycles. The van der Waals surface area contributed by atoms with E-state index in [0.717, 1.165) is 22.0 Å². The molecule has 2 atom stereocenters. The number of hydrogen-bond donors (Lipinski definition) is 1. The first-order chi connectivity index (χ1) is 13.3. The zero-order valence-electron chi connectivity index (χ0n) is 16.4. The third-order valence-corrected chi connectivity index (χ3v) is 5.48. The molecule has 0 aliphatic heterocycles. The molecular weight excluding hydrogens is 440 g/mol. The summed E-state index contributed by atoms with van der Waals surface area (Å²) in [7, 11) is 0. The second kappa shape index (κ2) is 10.6. The van der Waals surface area contributed by atoms with Gasteiger partial charge in [0.1, 0.15) is 6.04 Å². The van der Waals surface area contributed by atoms with E-state index in [1.54, 1.807) is 24.0 Å². The molecule has 2 unspecified atom stereocenters. The van der Waals surface area contributed by atoms with Crippen LogP contribution >= 0.6 is 27.5 Å². The Morgan fingerprint density at radius 1 is 1.04 bits per heavy atom. The Labute approximate surface area is 180 Å². The topological polar surface area (TPSA) is 49.4 Å². The molecule has 0 fully saturated rings. The van der Waals surface area contributed by atoms with Crippen LogP contribution in [-0.4, -0.2) is 28.8 Å². The molecule has 1 N–H and O–H groups in total. The van der Waals surface area contributed by atoms with Crippen LogP contribution in [0.1, 0.15) is 38.3 Å². The van der Waals surface area contributed by atoms with Crippen molar-refractivity contribution in [2.45, 2.75) is 52.2 Å². The van der Waals surface area contributed by atoms with E-state index in [2.05, 4.69) is 21.2 Å². The summed E-state index contributed by atoms with van der Waals surface area (Å²) in [4.78, 5) is 27.4. The van der Waals surface area contributed by atoms with Gasteiger partial charge in [0, 0.05) is 22.1 Å². The van der Waals surface area contributed by atoms with Gasteiger partial charge in [-0.15, -0.1) is 0 Å². The van der Waals surface area contributed by atoms with Gasteiger partial charge in [-0.25, -0.2) is 0 Å². The van der Waals surface area contributed by atoms with Crippen LogP contribution in [0.25, 0.3) is 0 Å². The highest BCUT2D eigenvalue weighted by molar-refractivity contribution is 9.10. The van der Waals surface area contributed by atoms with E-state index in [1.807, 2.05) is 50.2 Å². The normalized spacial score (nSPS) is 12.9. The number of nitrogens with one attached hydrogen (secondary N) is 1. The molecule has 4 nitrogen and oxygen atoms in total. The maximum Gasteiger partial charge on any atom is 0.242 e. The Morgan fingerprint density at radius 3 is 2.18 bits per heavy atom. The summed E-state index contributed by atoms with van der Waals surface area (Å²) in [6, 6.07) is 14.5. The summed E-state index contributed by atoms with van der Waals surface area (Å²) < 4.78 is 0.970. The Bertz CT molecular complexity index is 793. The number of hydrogen-bond acceptors (Lipinski definition) is 2. The molecule has 150 valence electrons. The second-order valence-corrected chi connectivity index (χ2v) is 8.30. The molecule has 0 radical (unpaired) electrons. The van der Waals surface area contributed by atoms with Crippen LogP contribution < -0.4 is 5.32 Å². The quantitative estimate of drug-likeness (QED) is 0.598. The third kappa shape index (κ3) is 6.64. The number of amides is 2. The molecule has 0 aliphatic carbocycles. The SMILES string of the molecule is CCC(C)NC(=O)C(C)N(Cc1ccc(Br)cc1)C(=O)Cc1ccc(Cl)cc1. The van der Waals surface area contributed by atoms with Gasteiger partial charge in [0.05, 0.1) is 6.42 Å². The summed E-state index contributed by atoms with van der Waals surface area (Å²) in [6.07, 6.45) is 1.05. The minimum Gasteiger partial charge on any atom is -0.352 e. The van der Waals surface area contributed by atoms with Gasteiger partial charge in [-0.1, -0.05) is 58.7 Å². The number of nitrogens with zero attached hydrogens (tertiary/aromatic N) is 1. The molecule has 2 aromatic rings. The van der Waals surface area contributed by atoms with Crippen LogP contribution in [0.3, 0.4) is 0 Å². The third-order valence-electron chi connectivity index (χ3n) is 4.70. The molecule has 28 heavy (non-hydrogen) atoms. The van der Waals surface area contributed by atoms with E-state index in [9.17, 15) is 9.59 Å². The van der Waals surface area contributed by atoms with Gasteiger partial charge in [-0.3, -0.25) is 9.59 Å². The first-order valence-electron chi connectivity index (χ1n) is 9.39. The average Bonchev–Trinajstić information content (AvgIpc) is 2.68. The highest BCUT2D eigenvalue weighted by Gasteiger charge is 2.26. The van der Waals surface area contributed by atoms with Gasteiger partial charge >= 0.3 is 0 Å². The Kier molecular flexibility index (Phi) is 8.52. The summed E-state index contributed by atoms with van der Waals surface area (Å²) in [5.74, 6) is -0.243. The number of halogens is 2. The summed E-state index contributed by atoms with van der Waals surface area (Å²) in [5, 5.41) is 3.60. The molecule has 2 rings (SSSR count). The first kappa shape index (κ1) is 22.4. The largest absolute Gasteiger partial charge is 0.352 e. The van der Waals surface area contributed by atoms with E-state index < -0.39 is 6.04 Å². The fraction of sp³-hybridized carbons (Fsp3) is 0.364. The van der Waals surface area contributed by atoms with Gasteiger partial charge in [-0.2, -0.15) is 0 Å². The fourth-order valence-corrected chi connectivity index (χ4v) is 3.10. The van der Waals surface area contributed by atoms with Crippen LogP contribution in [0.15, 0.2) is 53.0 Å². The zero-order valence-corrected chi connectivity index (χ0v) is 18.8. The van der Waals surface area contributed by atoms with Crippen molar-refractivity contribution in [2.75, 3.05) is 0 Å².